The average molecular weight is 219 g/mol. The highest BCUT2D eigenvalue weighted by molar-refractivity contribution is 7.91. The van der Waals surface area contributed by atoms with Crippen molar-refractivity contribution < 1.29 is 8.42 Å². The number of nitrogens with one attached hydrogen (secondary N) is 1. The van der Waals surface area contributed by atoms with Gasteiger partial charge in [-0.25, -0.2) is 8.42 Å². The highest BCUT2D eigenvalue weighted by atomic mass is 32.2. The van der Waals surface area contributed by atoms with E-state index in [-0.39, 0.29) is 0 Å². The Kier molecular flexibility index (Phi) is 4.89. The van der Waals surface area contributed by atoms with Crippen LogP contribution in [0.1, 0.15) is 32.6 Å². The first-order valence-corrected chi connectivity index (χ1v) is 7.37. The molecule has 0 amide bonds. The molecule has 1 rings (SSSR count). The Balaban J connectivity index is 2.24. The van der Waals surface area contributed by atoms with Crippen LogP contribution >= 0.6 is 0 Å². The normalized spacial score (nSPS) is 19.8. The lowest BCUT2D eigenvalue weighted by Crippen LogP contribution is -2.29. The largest absolute Gasteiger partial charge is 0.317 e. The summed E-state index contributed by atoms with van der Waals surface area (Å²) in [6.07, 6.45) is 3.89. The Morgan fingerprint density at radius 2 is 1.86 bits per heavy atom. The number of sulfone groups is 1. The zero-order valence-electron chi connectivity index (χ0n) is 8.96. The van der Waals surface area contributed by atoms with Gasteiger partial charge >= 0.3 is 0 Å². The van der Waals surface area contributed by atoms with Crippen molar-refractivity contribution in [1.82, 2.24) is 5.32 Å². The lowest BCUT2D eigenvalue weighted by molar-refractivity contribution is 0.365. The molecule has 14 heavy (non-hydrogen) atoms. The molecule has 1 heterocycles. The molecule has 84 valence electrons. The fraction of sp³-hybridized carbons (Fsp3) is 1.00. The van der Waals surface area contributed by atoms with E-state index in [0.717, 1.165) is 38.8 Å². The second-order valence-corrected chi connectivity index (χ2v) is 6.44. The third-order valence-corrected chi connectivity index (χ3v) is 4.70. The van der Waals surface area contributed by atoms with Crippen LogP contribution in [0.4, 0.5) is 0 Å². The first kappa shape index (κ1) is 12.0. The molecule has 3 nitrogen and oxygen atoms in total. The molecule has 0 aliphatic carbocycles. The second kappa shape index (κ2) is 5.71. The molecule has 0 bridgehead atoms. The number of hydrogen-bond acceptors (Lipinski definition) is 3. The monoisotopic (exact) mass is 219 g/mol. The maximum atomic E-state index is 11.5. The average Bonchev–Trinajstić information content (AvgIpc) is 2.17. The SMILES string of the molecule is CCCS(=O)(=O)CCC1CCNCC1. The molecule has 0 radical (unpaired) electrons. The molecule has 1 saturated heterocycles. The van der Waals surface area contributed by atoms with Gasteiger partial charge in [-0.3, -0.25) is 0 Å². The zero-order chi connectivity index (χ0) is 10.4. The summed E-state index contributed by atoms with van der Waals surface area (Å²) < 4.78 is 22.9. The van der Waals surface area contributed by atoms with Crippen molar-refractivity contribution in [2.24, 2.45) is 5.92 Å². The van der Waals surface area contributed by atoms with Crippen molar-refractivity contribution in [3.8, 4) is 0 Å². The third kappa shape index (κ3) is 4.42. The van der Waals surface area contributed by atoms with Crippen molar-refractivity contribution in [2.75, 3.05) is 24.6 Å². The molecule has 0 unspecified atom stereocenters. The summed E-state index contributed by atoms with van der Waals surface area (Å²) >= 11 is 0. The molecule has 1 aliphatic rings. The number of rotatable bonds is 5. The molecule has 1 N–H and O–H groups in total. The highest BCUT2D eigenvalue weighted by Crippen LogP contribution is 2.16. The van der Waals surface area contributed by atoms with E-state index in [2.05, 4.69) is 5.32 Å². The van der Waals surface area contributed by atoms with Gasteiger partial charge in [0.1, 0.15) is 9.84 Å². The summed E-state index contributed by atoms with van der Waals surface area (Å²) in [5.74, 6) is 1.38. The lowest BCUT2D eigenvalue weighted by Gasteiger charge is -2.22. The van der Waals surface area contributed by atoms with Crippen LogP contribution in [0.25, 0.3) is 0 Å². The molecule has 0 spiro atoms. The van der Waals surface area contributed by atoms with E-state index in [1.807, 2.05) is 6.92 Å². The first-order valence-electron chi connectivity index (χ1n) is 5.55. The fourth-order valence-electron chi connectivity index (χ4n) is 1.93. The Morgan fingerprint density at radius 1 is 1.21 bits per heavy atom. The summed E-state index contributed by atoms with van der Waals surface area (Å²) in [7, 11) is -2.75. The maximum absolute atomic E-state index is 11.5. The van der Waals surface area contributed by atoms with Crippen molar-refractivity contribution in [3.05, 3.63) is 0 Å². The van der Waals surface area contributed by atoms with Gasteiger partial charge < -0.3 is 5.32 Å². The van der Waals surface area contributed by atoms with Crippen LogP contribution in [0.2, 0.25) is 0 Å². The maximum Gasteiger partial charge on any atom is 0.150 e. The molecule has 4 heteroatoms. The van der Waals surface area contributed by atoms with Gasteiger partial charge in [0.25, 0.3) is 0 Å². The van der Waals surface area contributed by atoms with E-state index in [1.165, 1.54) is 0 Å². The van der Waals surface area contributed by atoms with Crippen molar-refractivity contribution in [1.29, 1.82) is 0 Å². The van der Waals surface area contributed by atoms with Gasteiger partial charge in [-0.05, 0) is 44.7 Å². The van der Waals surface area contributed by atoms with Gasteiger partial charge in [0.2, 0.25) is 0 Å². The van der Waals surface area contributed by atoms with Crippen molar-refractivity contribution in [3.63, 3.8) is 0 Å². The van der Waals surface area contributed by atoms with Crippen molar-refractivity contribution in [2.45, 2.75) is 32.6 Å². The van der Waals surface area contributed by atoms with E-state index in [9.17, 15) is 8.42 Å². The van der Waals surface area contributed by atoms with Gasteiger partial charge in [0.05, 0.1) is 5.75 Å². The van der Waals surface area contributed by atoms with Crippen LogP contribution in [0.5, 0.6) is 0 Å². The Hall–Kier alpha value is -0.0900. The molecule has 0 aromatic rings. The van der Waals surface area contributed by atoms with Gasteiger partial charge in [0, 0.05) is 5.75 Å². The minimum absolute atomic E-state index is 0.359. The third-order valence-electron chi connectivity index (χ3n) is 2.81. The van der Waals surface area contributed by atoms with Crippen LogP contribution < -0.4 is 5.32 Å². The minimum atomic E-state index is -2.75. The smallest absolute Gasteiger partial charge is 0.150 e. The highest BCUT2D eigenvalue weighted by Gasteiger charge is 2.16. The summed E-state index contributed by atoms with van der Waals surface area (Å²) in [5.41, 5.74) is 0. The summed E-state index contributed by atoms with van der Waals surface area (Å²) in [6.45, 7) is 4.03. The molecule has 1 aliphatic heterocycles. The van der Waals surface area contributed by atoms with E-state index in [0.29, 0.717) is 17.4 Å². The Labute approximate surface area is 87.2 Å². The Morgan fingerprint density at radius 3 is 2.43 bits per heavy atom. The molecule has 0 aromatic carbocycles. The molecular formula is C10H21NO2S. The van der Waals surface area contributed by atoms with Gasteiger partial charge in [-0.2, -0.15) is 0 Å². The fourth-order valence-corrected chi connectivity index (χ4v) is 3.45. The zero-order valence-corrected chi connectivity index (χ0v) is 9.78. The quantitative estimate of drug-likeness (QED) is 0.756. The molecular weight excluding hydrogens is 198 g/mol. The number of piperidine rings is 1. The van der Waals surface area contributed by atoms with Crippen LogP contribution in [0, 0.1) is 5.92 Å². The summed E-state index contributed by atoms with van der Waals surface area (Å²) in [6, 6.07) is 0. The summed E-state index contributed by atoms with van der Waals surface area (Å²) in [4.78, 5) is 0. The standard InChI is InChI=1S/C10H21NO2S/c1-2-8-14(12,13)9-5-10-3-6-11-7-4-10/h10-11H,2-9H2,1H3. The minimum Gasteiger partial charge on any atom is -0.317 e. The first-order chi connectivity index (χ1) is 6.64. The van der Waals surface area contributed by atoms with Crippen LogP contribution in [-0.4, -0.2) is 33.0 Å². The predicted molar refractivity (Wildman–Crippen MR) is 59.2 cm³/mol. The molecule has 0 aromatic heterocycles. The Bertz CT molecular complexity index is 243. The number of hydrogen-bond donors (Lipinski definition) is 1. The van der Waals surface area contributed by atoms with E-state index in [4.69, 9.17) is 0 Å². The van der Waals surface area contributed by atoms with Crippen LogP contribution in [-0.2, 0) is 9.84 Å². The van der Waals surface area contributed by atoms with E-state index >= 15 is 0 Å². The molecule has 0 saturated carbocycles. The second-order valence-electron chi connectivity index (χ2n) is 4.13. The molecule has 0 atom stereocenters. The van der Waals surface area contributed by atoms with Crippen LogP contribution in [0.3, 0.4) is 0 Å². The van der Waals surface area contributed by atoms with E-state index < -0.39 is 9.84 Å². The van der Waals surface area contributed by atoms with E-state index in [1.54, 1.807) is 0 Å². The summed E-state index contributed by atoms with van der Waals surface area (Å²) in [5, 5.41) is 3.29. The molecule has 1 fully saturated rings. The van der Waals surface area contributed by atoms with Crippen LogP contribution in [0.15, 0.2) is 0 Å². The predicted octanol–water partition coefficient (Wildman–Crippen LogP) is 1.20. The lowest BCUT2D eigenvalue weighted by atomic mass is 9.96. The topological polar surface area (TPSA) is 46.2 Å². The van der Waals surface area contributed by atoms with Gasteiger partial charge in [-0.15, -0.1) is 0 Å². The van der Waals surface area contributed by atoms with Gasteiger partial charge in [-0.1, -0.05) is 6.92 Å². The van der Waals surface area contributed by atoms with Crippen molar-refractivity contribution >= 4 is 9.84 Å². The van der Waals surface area contributed by atoms with Gasteiger partial charge in [0.15, 0.2) is 0 Å².